The Morgan fingerprint density at radius 2 is 2.09 bits per heavy atom. The average Bonchev–Trinajstić information content (AvgIpc) is 3.44. The highest BCUT2D eigenvalue weighted by molar-refractivity contribution is 7.99. The molecular weight excluding hydrogens is 454 g/mol. The van der Waals surface area contributed by atoms with Crippen LogP contribution in [-0.2, 0) is 24.2 Å². The van der Waals surface area contributed by atoms with E-state index in [4.69, 9.17) is 9.40 Å². The summed E-state index contributed by atoms with van der Waals surface area (Å²) in [6, 6.07) is 9.63. The van der Waals surface area contributed by atoms with Crippen molar-refractivity contribution >= 4 is 44.9 Å². The van der Waals surface area contributed by atoms with Crippen LogP contribution in [0.3, 0.4) is 0 Å². The van der Waals surface area contributed by atoms with E-state index in [0.29, 0.717) is 17.5 Å². The molecule has 1 aliphatic carbocycles. The van der Waals surface area contributed by atoms with Gasteiger partial charge in [-0.25, -0.2) is 4.98 Å². The molecule has 1 aromatic carbocycles. The lowest BCUT2D eigenvalue weighted by molar-refractivity contribution is -0.113. The zero-order valence-corrected chi connectivity index (χ0v) is 20.3. The number of aromatic nitrogens is 2. The Balaban J connectivity index is 1.46. The lowest BCUT2D eigenvalue weighted by atomic mass is 9.97. The molecule has 0 aliphatic heterocycles. The van der Waals surface area contributed by atoms with Gasteiger partial charge in [-0.15, -0.1) is 11.3 Å². The first kappa shape index (κ1) is 22.0. The number of rotatable bonds is 6. The third-order valence-electron chi connectivity index (χ3n) is 5.93. The Morgan fingerprint density at radius 3 is 2.91 bits per heavy atom. The number of benzene rings is 1. The molecule has 1 amide bonds. The van der Waals surface area contributed by atoms with Gasteiger partial charge in [0.15, 0.2) is 5.16 Å². The van der Waals surface area contributed by atoms with Crippen molar-refractivity contribution in [2.75, 3.05) is 11.1 Å². The van der Waals surface area contributed by atoms with Gasteiger partial charge in [0, 0.05) is 10.6 Å². The molecule has 0 saturated carbocycles. The zero-order chi connectivity index (χ0) is 22.9. The van der Waals surface area contributed by atoms with Gasteiger partial charge in [0.1, 0.15) is 10.6 Å². The Kier molecular flexibility index (Phi) is 6.12. The number of hydrogen-bond acceptors (Lipinski definition) is 6. The Bertz CT molecular complexity index is 1390. The summed E-state index contributed by atoms with van der Waals surface area (Å²) in [5.41, 5.74) is 4.02. The first-order valence-electron chi connectivity index (χ1n) is 11.1. The highest BCUT2D eigenvalue weighted by Gasteiger charge is 2.23. The number of carbonyl (C=O) groups is 1. The number of hydrogen-bond donors (Lipinski definition) is 1. The molecule has 0 unspecified atom stereocenters. The van der Waals surface area contributed by atoms with Crippen LogP contribution in [0.4, 0.5) is 5.69 Å². The van der Waals surface area contributed by atoms with Crippen LogP contribution in [0.25, 0.3) is 10.2 Å². The Morgan fingerprint density at radius 1 is 1.24 bits per heavy atom. The first-order valence-corrected chi connectivity index (χ1v) is 12.9. The minimum atomic E-state index is -0.127. The van der Waals surface area contributed by atoms with E-state index in [0.717, 1.165) is 58.3 Å². The number of amides is 1. The predicted octanol–water partition coefficient (Wildman–Crippen LogP) is 5.33. The van der Waals surface area contributed by atoms with E-state index in [1.54, 1.807) is 22.2 Å². The smallest absolute Gasteiger partial charge is 0.263 e. The monoisotopic (exact) mass is 479 g/mol. The summed E-state index contributed by atoms with van der Waals surface area (Å²) in [4.78, 5) is 33.2. The van der Waals surface area contributed by atoms with Crippen molar-refractivity contribution in [1.82, 2.24) is 9.55 Å². The van der Waals surface area contributed by atoms with Crippen molar-refractivity contribution in [3.63, 3.8) is 0 Å². The van der Waals surface area contributed by atoms with Crippen LogP contribution in [0.5, 0.6) is 0 Å². The zero-order valence-electron chi connectivity index (χ0n) is 18.6. The predicted molar refractivity (Wildman–Crippen MR) is 134 cm³/mol. The number of aryl methyl sites for hydroxylation is 4. The van der Waals surface area contributed by atoms with Crippen LogP contribution in [0.1, 0.15) is 40.2 Å². The SMILES string of the molecule is Cc1ccc(C)c(NC(=O)CSc2nc3sc4c(c3c(=O)n2Cc2ccco2)CCCC4)c1. The lowest BCUT2D eigenvalue weighted by Crippen LogP contribution is -2.25. The molecule has 5 rings (SSSR count). The topological polar surface area (TPSA) is 77.1 Å². The van der Waals surface area contributed by atoms with E-state index in [-0.39, 0.29) is 17.2 Å². The van der Waals surface area contributed by atoms with Crippen LogP contribution in [0, 0.1) is 13.8 Å². The van der Waals surface area contributed by atoms with E-state index in [9.17, 15) is 9.59 Å². The van der Waals surface area contributed by atoms with Gasteiger partial charge in [0.25, 0.3) is 5.56 Å². The van der Waals surface area contributed by atoms with Crippen LogP contribution in [0.2, 0.25) is 0 Å². The van der Waals surface area contributed by atoms with Gasteiger partial charge in [-0.3, -0.25) is 14.2 Å². The van der Waals surface area contributed by atoms with Crippen LogP contribution in [-0.4, -0.2) is 21.2 Å². The molecule has 1 aliphatic rings. The molecule has 0 fully saturated rings. The van der Waals surface area contributed by atoms with Crippen molar-refractivity contribution in [2.45, 2.75) is 51.2 Å². The number of nitrogens with zero attached hydrogens (tertiary/aromatic N) is 2. The Hall–Kier alpha value is -2.84. The molecular formula is C25H25N3O3S2. The summed E-state index contributed by atoms with van der Waals surface area (Å²) in [6.07, 6.45) is 5.79. The van der Waals surface area contributed by atoms with E-state index in [2.05, 4.69) is 5.32 Å². The number of thiophene rings is 1. The van der Waals surface area contributed by atoms with Gasteiger partial charge in [0.2, 0.25) is 5.91 Å². The number of carbonyl (C=O) groups excluding carboxylic acids is 1. The average molecular weight is 480 g/mol. The van der Waals surface area contributed by atoms with Gasteiger partial charge >= 0.3 is 0 Å². The number of furan rings is 1. The minimum Gasteiger partial charge on any atom is -0.467 e. The van der Waals surface area contributed by atoms with Crippen molar-refractivity contribution in [2.24, 2.45) is 0 Å². The van der Waals surface area contributed by atoms with Crippen molar-refractivity contribution in [3.8, 4) is 0 Å². The summed E-state index contributed by atoms with van der Waals surface area (Å²) in [5.74, 6) is 0.719. The number of anilines is 1. The molecule has 0 spiro atoms. The summed E-state index contributed by atoms with van der Waals surface area (Å²) < 4.78 is 7.16. The highest BCUT2D eigenvalue weighted by atomic mass is 32.2. The second kappa shape index (κ2) is 9.19. The summed E-state index contributed by atoms with van der Waals surface area (Å²) in [5, 5.41) is 4.27. The quantitative estimate of drug-likeness (QED) is 0.299. The fraction of sp³-hybridized carbons (Fsp3) is 0.320. The van der Waals surface area contributed by atoms with E-state index in [1.165, 1.54) is 16.6 Å². The molecule has 0 saturated heterocycles. The number of fused-ring (bicyclic) bond motifs is 3. The van der Waals surface area contributed by atoms with Gasteiger partial charge in [0.05, 0.1) is 23.9 Å². The fourth-order valence-corrected chi connectivity index (χ4v) is 6.32. The fourth-order valence-electron chi connectivity index (χ4n) is 4.21. The molecule has 3 aromatic heterocycles. The standard InChI is InChI=1S/C25H25N3O3S2/c1-15-9-10-16(2)19(12-15)26-21(29)14-32-25-27-23-22(18-7-3-4-8-20(18)33-23)24(30)28(25)13-17-6-5-11-31-17/h5-6,9-12H,3-4,7-8,13-14H2,1-2H3,(H,26,29). The van der Waals surface area contributed by atoms with Crippen LogP contribution < -0.4 is 10.9 Å². The maximum absolute atomic E-state index is 13.6. The second-order valence-corrected chi connectivity index (χ2v) is 10.4. The van der Waals surface area contributed by atoms with E-state index < -0.39 is 0 Å². The molecule has 8 heteroatoms. The van der Waals surface area contributed by atoms with Gasteiger partial charge < -0.3 is 9.73 Å². The summed E-state index contributed by atoms with van der Waals surface area (Å²) in [6.45, 7) is 4.26. The van der Waals surface area contributed by atoms with E-state index in [1.807, 2.05) is 44.2 Å². The third-order valence-corrected chi connectivity index (χ3v) is 8.10. The van der Waals surface area contributed by atoms with Crippen molar-refractivity contribution in [3.05, 3.63) is 74.3 Å². The molecule has 0 atom stereocenters. The summed E-state index contributed by atoms with van der Waals surface area (Å²) >= 11 is 2.91. The molecule has 4 aromatic rings. The van der Waals surface area contributed by atoms with Gasteiger partial charge in [-0.05, 0) is 74.4 Å². The molecule has 0 radical (unpaired) electrons. The highest BCUT2D eigenvalue weighted by Crippen LogP contribution is 2.35. The molecule has 0 bridgehead atoms. The molecule has 3 heterocycles. The van der Waals surface area contributed by atoms with E-state index >= 15 is 0 Å². The number of nitrogens with one attached hydrogen (secondary N) is 1. The summed E-state index contributed by atoms with van der Waals surface area (Å²) in [7, 11) is 0. The number of thioether (sulfide) groups is 1. The van der Waals surface area contributed by atoms with Crippen molar-refractivity contribution in [1.29, 1.82) is 0 Å². The maximum atomic E-state index is 13.6. The minimum absolute atomic E-state index is 0.0479. The normalized spacial score (nSPS) is 13.3. The van der Waals surface area contributed by atoms with Crippen LogP contribution in [0.15, 0.2) is 51.0 Å². The van der Waals surface area contributed by atoms with Crippen molar-refractivity contribution < 1.29 is 9.21 Å². The third kappa shape index (κ3) is 4.50. The molecule has 6 nitrogen and oxygen atoms in total. The molecule has 1 N–H and O–H groups in total. The Labute approximate surface area is 200 Å². The molecule has 33 heavy (non-hydrogen) atoms. The van der Waals surface area contributed by atoms with Gasteiger partial charge in [-0.1, -0.05) is 23.9 Å². The lowest BCUT2D eigenvalue weighted by Gasteiger charge is -2.13. The van der Waals surface area contributed by atoms with Gasteiger partial charge in [-0.2, -0.15) is 0 Å². The first-order chi connectivity index (χ1) is 16.0. The second-order valence-electron chi connectivity index (χ2n) is 8.41. The molecule has 170 valence electrons. The maximum Gasteiger partial charge on any atom is 0.263 e. The van der Waals surface area contributed by atoms with Crippen LogP contribution >= 0.6 is 23.1 Å². The largest absolute Gasteiger partial charge is 0.467 e.